The molecule has 1 saturated carbocycles. The van der Waals surface area contributed by atoms with Gasteiger partial charge in [0.1, 0.15) is 5.75 Å². The van der Waals surface area contributed by atoms with Crippen LogP contribution >= 0.6 is 0 Å². The molecule has 0 amide bonds. The first kappa shape index (κ1) is 10.5. The second-order valence-corrected chi connectivity index (χ2v) is 4.89. The summed E-state index contributed by atoms with van der Waals surface area (Å²) in [7, 11) is 0. The minimum Gasteiger partial charge on any atom is -0.493 e. The van der Waals surface area contributed by atoms with Crippen LogP contribution in [-0.2, 0) is 5.54 Å². The monoisotopic (exact) mass is 205 g/mol. The highest BCUT2D eigenvalue weighted by Crippen LogP contribution is 2.42. The fraction of sp³-hybridized carbons (Fsp3) is 0.538. The van der Waals surface area contributed by atoms with Gasteiger partial charge in [-0.05, 0) is 36.5 Å². The molecule has 2 N–H and O–H groups in total. The van der Waals surface area contributed by atoms with E-state index in [-0.39, 0.29) is 5.54 Å². The van der Waals surface area contributed by atoms with Crippen LogP contribution in [-0.4, -0.2) is 6.61 Å². The minimum absolute atomic E-state index is 0.0312. The number of hydrogen-bond donors (Lipinski definition) is 1. The van der Waals surface area contributed by atoms with Gasteiger partial charge in [0.15, 0.2) is 0 Å². The average molecular weight is 205 g/mol. The zero-order chi connectivity index (χ0) is 10.9. The van der Waals surface area contributed by atoms with Crippen LogP contribution in [0.3, 0.4) is 0 Å². The second kappa shape index (κ2) is 3.86. The van der Waals surface area contributed by atoms with Gasteiger partial charge in [-0.1, -0.05) is 26.0 Å². The summed E-state index contributed by atoms with van der Waals surface area (Å²) in [6.45, 7) is 5.06. The van der Waals surface area contributed by atoms with Crippen LogP contribution in [0.4, 0.5) is 0 Å². The van der Waals surface area contributed by atoms with Gasteiger partial charge in [0.25, 0.3) is 0 Å². The quantitative estimate of drug-likeness (QED) is 0.820. The molecule has 1 aliphatic carbocycles. The van der Waals surface area contributed by atoms with Gasteiger partial charge in [-0.3, -0.25) is 0 Å². The topological polar surface area (TPSA) is 35.2 Å². The first-order chi connectivity index (χ1) is 7.10. The summed E-state index contributed by atoms with van der Waals surface area (Å²) in [5.74, 6) is 1.51. The third-order valence-corrected chi connectivity index (χ3v) is 2.80. The molecule has 1 aliphatic rings. The number of hydrogen-bond acceptors (Lipinski definition) is 2. The molecule has 1 fully saturated rings. The van der Waals surface area contributed by atoms with Gasteiger partial charge in [0.2, 0.25) is 0 Å². The molecule has 2 rings (SSSR count). The summed E-state index contributed by atoms with van der Waals surface area (Å²) in [6, 6.07) is 8.21. The summed E-state index contributed by atoms with van der Waals surface area (Å²) in [6.07, 6.45) is 2.22. The van der Waals surface area contributed by atoms with Crippen LogP contribution in [0, 0.1) is 5.92 Å². The second-order valence-electron chi connectivity index (χ2n) is 4.89. The minimum atomic E-state index is -0.0312. The van der Waals surface area contributed by atoms with E-state index in [1.165, 1.54) is 5.56 Å². The van der Waals surface area contributed by atoms with Gasteiger partial charge >= 0.3 is 0 Å². The number of benzene rings is 1. The lowest BCUT2D eigenvalue weighted by Gasteiger charge is -2.11. The van der Waals surface area contributed by atoms with E-state index in [4.69, 9.17) is 10.5 Å². The molecule has 0 spiro atoms. The Bertz CT molecular complexity index is 325. The lowest BCUT2D eigenvalue weighted by molar-refractivity contribution is 0.271. The Hall–Kier alpha value is -1.02. The predicted molar refractivity (Wildman–Crippen MR) is 61.9 cm³/mol. The molecule has 0 aliphatic heterocycles. The molecule has 1 aromatic carbocycles. The normalized spacial score (nSPS) is 17.9. The third kappa shape index (κ3) is 2.51. The molecule has 1 aromatic rings. The Kier molecular flexibility index (Phi) is 2.70. The average Bonchev–Trinajstić information content (AvgIpc) is 2.96. The summed E-state index contributed by atoms with van der Waals surface area (Å²) < 4.78 is 5.61. The van der Waals surface area contributed by atoms with Crippen LogP contribution in [0.2, 0.25) is 0 Å². The van der Waals surface area contributed by atoms with Gasteiger partial charge in [0.05, 0.1) is 6.61 Å². The van der Waals surface area contributed by atoms with Crippen molar-refractivity contribution in [2.45, 2.75) is 32.2 Å². The van der Waals surface area contributed by atoms with Crippen molar-refractivity contribution in [2.24, 2.45) is 11.7 Å². The van der Waals surface area contributed by atoms with E-state index in [2.05, 4.69) is 26.0 Å². The molecule has 15 heavy (non-hydrogen) atoms. The fourth-order valence-electron chi connectivity index (χ4n) is 1.57. The molecule has 0 bridgehead atoms. The molecule has 82 valence electrons. The maximum Gasteiger partial charge on any atom is 0.119 e. The van der Waals surface area contributed by atoms with E-state index in [0.29, 0.717) is 5.92 Å². The Morgan fingerprint density at radius 3 is 2.33 bits per heavy atom. The van der Waals surface area contributed by atoms with Gasteiger partial charge < -0.3 is 10.5 Å². The molecule has 0 radical (unpaired) electrons. The molecule has 0 aromatic heterocycles. The molecular formula is C13H19NO. The maximum absolute atomic E-state index is 6.10. The Labute approximate surface area is 91.4 Å². The number of ether oxygens (including phenoxy) is 1. The molecular weight excluding hydrogens is 186 g/mol. The van der Waals surface area contributed by atoms with E-state index in [1.807, 2.05) is 12.1 Å². The molecule has 0 heterocycles. The van der Waals surface area contributed by atoms with Crippen molar-refractivity contribution in [3.8, 4) is 5.75 Å². The van der Waals surface area contributed by atoms with Crippen LogP contribution in [0.5, 0.6) is 5.75 Å². The number of nitrogens with two attached hydrogens (primary N) is 1. The van der Waals surface area contributed by atoms with E-state index >= 15 is 0 Å². The smallest absolute Gasteiger partial charge is 0.119 e. The van der Waals surface area contributed by atoms with Crippen molar-refractivity contribution in [2.75, 3.05) is 6.61 Å². The van der Waals surface area contributed by atoms with Gasteiger partial charge in [-0.2, -0.15) is 0 Å². The molecule has 0 atom stereocenters. The molecule has 0 unspecified atom stereocenters. The Morgan fingerprint density at radius 1 is 1.27 bits per heavy atom. The van der Waals surface area contributed by atoms with Crippen molar-refractivity contribution in [1.82, 2.24) is 0 Å². The van der Waals surface area contributed by atoms with E-state index < -0.39 is 0 Å². The van der Waals surface area contributed by atoms with Crippen molar-refractivity contribution >= 4 is 0 Å². The van der Waals surface area contributed by atoms with Crippen molar-refractivity contribution in [1.29, 1.82) is 0 Å². The fourth-order valence-corrected chi connectivity index (χ4v) is 1.57. The highest BCUT2D eigenvalue weighted by Gasteiger charge is 2.39. The maximum atomic E-state index is 6.10. The Morgan fingerprint density at radius 2 is 1.87 bits per heavy atom. The first-order valence-electron chi connectivity index (χ1n) is 5.62. The SMILES string of the molecule is CC(C)COc1ccc(C2(N)CC2)cc1. The lowest BCUT2D eigenvalue weighted by atomic mass is 10.1. The molecule has 0 saturated heterocycles. The first-order valence-corrected chi connectivity index (χ1v) is 5.62. The Balaban J connectivity index is 1.98. The predicted octanol–water partition coefficient (Wildman–Crippen LogP) is 2.67. The van der Waals surface area contributed by atoms with Crippen molar-refractivity contribution in [3.63, 3.8) is 0 Å². The summed E-state index contributed by atoms with van der Waals surface area (Å²) in [5.41, 5.74) is 7.30. The lowest BCUT2D eigenvalue weighted by Crippen LogP contribution is -2.18. The van der Waals surface area contributed by atoms with Gasteiger partial charge in [0, 0.05) is 5.54 Å². The highest BCUT2D eigenvalue weighted by atomic mass is 16.5. The highest BCUT2D eigenvalue weighted by molar-refractivity contribution is 5.34. The summed E-state index contributed by atoms with van der Waals surface area (Å²) >= 11 is 0. The zero-order valence-electron chi connectivity index (χ0n) is 9.49. The van der Waals surface area contributed by atoms with E-state index in [0.717, 1.165) is 25.2 Å². The molecule has 2 nitrogen and oxygen atoms in total. The van der Waals surface area contributed by atoms with Crippen LogP contribution in [0.15, 0.2) is 24.3 Å². The van der Waals surface area contributed by atoms with Crippen molar-refractivity contribution < 1.29 is 4.74 Å². The third-order valence-electron chi connectivity index (χ3n) is 2.80. The largest absolute Gasteiger partial charge is 0.493 e. The van der Waals surface area contributed by atoms with Crippen LogP contribution in [0.1, 0.15) is 32.3 Å². The van der Waals surface area contributed by atoms with E-state index in [1.54, 1.807) is 0 Å². The van der Waals surface area contributed by atoms with E-state index in [9.17, 15) is 0 Å². The standard InChI is InChI=1S/C13H19NO/c1-10(2)9-15-12-5-3-11(4-6-12)13(14)7-8-13/h3-6,10H,7-9,14H2,1-2H3. The van der Waals surface area contributed by atoms with Gasteiger partial charge in [-0.25, -0.2) is 0 Å². The van der Waals surface area contributed by atoms with Crippen LogP contribution < -0.4 is 10.5 Å². The van der Waals surface area contributed by atoms with Gasteiger partial charge in [-0.15, -0.1) is 0 Å². The summed E-state index contributed by atoms with van der Waals surface area (Å²) in [5, 5.41) is 0. The molecule has 2 heteroatoms. The van der Waals surface area contributed by atoms with Crippen LogP contribution in [0.25, 0.3) is 0 Å². The number of rotatable bonds is 4. The summed E-state index contributed by atoms with van der Waals surface area (Å²) in [4.78, 5) is 0. The zero-order valence-corrected chi connectivity index (χ0v) is 9.49. The van der Waals surface area contributed by atoms with Crippen molar-refractivity contribution in [3.05, 3.63) is 29.8 Å².